The van der Waals surface area contributed by atoms with E-state index in [0.717, 1.165) is 30.2 Å². The molecule has 0 amide bonds. The number of hydrogen-bond donors (Lipinski definition) is 3. The van der Waals surface area contributed by atoms with Crippen LogP contribution in [0, 0.1) is 12.3 Å². The van der Waals surface area contributed by atoms with Gasteiger partial charge in [-0.05, 0) is 37.6 Å². The molecule has 4 rings (SSSR count). The molecule has 1 saturated heterocycles. The van der Waals surface area contributed by atoms with E-state index in [-0.39, 0.29) is 18.3 Å². The summed E-state index contributed by atoms with van der Waals surface area (Å²) in [5.41, 5.74) is 1.73. The molecular formula is C23H22N4O3. The number of terminal acetylenes is 1. The molecule has 0 saturated carbocycles. The molecule has 0 aliphatic carbocycles. The summed E-state index contributed by atoms with van der Waals surface area (Å²) < 4.78 is 0. The quantitative estimate of drug-likeness (QED) is 0.565. The molecule has 0 spiro atoms. The Hall–Kier alpha value is -3.63. The van der Waals surface area contributed by atoms with Crippen molar-refractivity contribution in [2.45, 2.75) is 18.9 Å². The van der Waals surface area contributed by atoms with Gasteiger partial charge in [0.25, 0.3) is 0 Å². The Morgan fingerprint density at radius 3 is 2.77 bits per heavy atom. The summed E-state index contributed by atoms with van der Waals surface area (Å²) in [6.45, 7) is 1.46. The van der Waals surface area contributed by atoms with Gasteiger partial charge in [0.05, 0.1) is 6.54 Å². The Kier molecular flexibility index (Phi) is 5.50. The summed E-state index contributed by atoms with van der Waals surface area (Å²) in [6, 6.07) is 12.9. The number of anilines is 1. The molecule has 30 heavy (non-hydrogen) atoms. The first-order chi connectivity index (χ1) is 14.5. The minimum absolute atomic E-state index is 0.0382. The van der Waals surface area contributed by atoms with Gasteiger partial charge in [0.2, 0.25) is 0 Å². The van der Waals surface area contributed by atoms with Gasteiger partial charge in [-0.1, -0.05) is 30.2 Å². The first kappa shape index (κ1) is 19.7. The Morgan fingerprint density at radius 2 is 2.03 bits per heavy atom. The summed E-state index contributed by atoms with van der Waals surface area (Å²) in [4.78, 5) is 13.0. The monoisotopic (exact) mass is 402 g/mol. The molecule has 7 heteroatoms. The number of aromatic hydroxyl groups is 1. The SMILES string of the molecule is C#Cc1ccc(-c2nnc(N[C@@H]3CCCN(CC(=O)O)C3)c3ccccc23)c(O)c1. The Balaban J connectivity index is 1.66. The van der Waals surface area contributed by atoms with Gasteiger partial charge in [0.15, 0.2) is 5.82 Å². The van der Waals surface area contributed by atoms with Crippen LogP contribution in [0.25, 0.3) is 22.0 Å². The number of aromatic nitrogens is 2. The van der Waals surface area contributed by atoms with E-state index in [1.807, 2.05) is 29.2 Å². The molecule has 1 aromatic heterocycles. The molecule has 1 aliphatic heterocycles. The number of nitrogens with one attached hydrogen (secondary N) is 1. The maximum atomic E-state index is 11.0. The van der Waals surface area contributed by atoms with Crippen molar-refractivity contribution in [2.75, 3.05) is 25.0 Å². The van der Waals surface area contributed by atoms with Crippen molar-refractivity contribution < 1.29 is 15.0 Å². The van der Waals surface area contributed by atoms with Crippen LogP contribution >= 0.6 is 0 Å². The van der Waals surface area contributed by atoms with Gasteiger partial charge in [-0.3, -0.25) is 9.69 Å². The lowest BCUT2D eigenvalue weighted by atomic mass is 10.0. The highest BCUT2D eigenvalue weighted by Crippen LogP contribution is 2.35. The van der Waals surface area contributed by atoms with Gasteiger partial charge >= 0.3 is 5.97 Å². The van der Waals surface area contributed by atoms with Crippen molar-refractivity contribution >= 4 is 22.6 Å². The number of piperidine rings is 1. The standard InChI is InChI=1S/C23H22N4O3/c1-2-15-9-10-19(20(28)12-15)22-17-7-3-4-8-18(17)23(26-25-22)24-16-6-5-11-27(13-16)14-21(29)30/h1,3-4,7-10,12,16,28H,5-6,11,13-14H2,(H,24,26)(H,29,30)/t16-/m1/s1. The van der Waals surface area contributed by atoms with Crippen molar-refractivity contribution in [1.29, 1.82) is 0 Å². The Bertz CT molecular complexity index is 1140. The predicted molar refractivity (Wildman–Crippen MR) is 115 cm³/mol. The Labute approximate surface area is 174 Å². The van der Waals surface area contributed by atoms with Gasteiger partial charge in [-0.15, -0.1) is 16.6 Å². The first-order valence-electron chi connectivity index (χ1n) is 9.81. The molecule has 2 aromatic carbocycles. The van der Waals surface area contributed by atoms with Crippen LogP contribution in [0.15, 0.2) is 42.5 Å². The van der Waals surface area contributed by atoms with Crippen molar-refractivity contribution in [2.24, 2.45) is 0 Å². The van der Waals surface area contributed by atoms with Crippen LogP contribution < -0.4 is 5.32 Å². The van der Waals surface area contributed by atoms with E-state index in [2.05, 4.69) is 21.4 Å². The molecule has 1 aliphatic rings. The number of aliphatic carboxylic acids is 1. The lowest BCUT2D eigenvalue weighted by Crippen LogP contribution is -2.44. The molecule has 2 heterocycles. The smallest absolute Gasteiger partial charge is 0.317 e. The van der Waals surface area contributed by atoms with Gasteiger partial charge in [0.1, 0.15) is 11.4 Å². The summed E-state index contributed by atoms with van der Waals surface area (Å²) >= 11 is 0. The van der Waals surface area contributed by atoms with Gasteiger partial charge in [-0.2, -0.15) is 0 Å². The fourth-order valence-corrected chi connectivity index (χ4v) is 3.93. The van der Waals surface area contributed by atoms with Crippen LogP contribution in [0.3, 0.4) is 0 Å². The number of carboxylic acids is 1. The molecule has 0 unspecified atom stereocenters. The number of carbonyl (C=O) groups is 1. The summed E-state index contributed by atoms with van der Waals surface area (Å²) in [5.74, 6) is 2.40. The number of fused-ring (bicyclic) bond motifs is 1. The second kappa shape index (κ2) is 8.39. The third-order valence-corrected chi connectivity index (χ3v) is 5.31. The van der Waals surface area contributed by atoms with E-state index in [0.29, 0.717) is 29.2 Å². The van der Waals surface area contributed by atoms with Crippen molar-refractivity contribution in [1.82, 2.24) is 15.1 Å². The van der Waals surface area contributed by atoms with Crippen LogP contribution in [0.1, 0.15) is 18.4 Å². The number of carboxylic acid groups (broad SMARTS) is 1. The first-order valence-corrected chi connectivity index (χ1v) is 9.81. The molecular weight excluding hydrogens is 380 g/mol. The van der Waals surface area contributed by atoms with Gasteiger partial charge in [-0.25, -0.2) is 0 Å². The maximum absolute atomic E-state index is 11.0. The molecule has 3 N–H and O–H groups in total. The number of phenols is 1. The van der Waals surface area contributed by atoms with E-state index in [9.17, 15) is 9.90 Å². The van der Waals surface area contributed by atoms with Gasteiger partial charge < -0.3 is 15.5 Å². The van der Waals surface area contributed by atoms with Gasteiger partial charge in [0, 0.05) is 34.5 Å². The zero-order valence-corrected chi connectivity index (χ0v) is 16.4. The molecule has 1 atom stereocenters. The fraction of sp³-hybridized carbons (Fsp3) is 0.261. The summed E-state index contributed by atoms with van der Waals surface area (Å²) in [6.07, 6.45) is 7.26. The highest BCUT2D eigenvalue weighted by atomic mass is 16.4. The predicted octanol–water partition coefficient (Wildman–Crippen LogP) is 2.94. The van der Waals surface area contributed by atoms with E-state index < -0.39 is 5.97 Å². The van der Waals surface area contributed by atoms with Crippen molar-refractivity contribution in [3.8, 4) is 29.4 Å². The maximum Gasteiger partial charge on any atom is 0.317 e. The lowest BCUT2D eigenvalue weighted by molar-refractivity contribution is -0.138. The third-order valence-electron chi connectivity index (χ3n) is 5.31. The molecule has 1 fully saturated rings. The zero-order valence-electron chi connectivity index (χ0n) is 16.4. The highest BCUT2D eigenvalue weighted by molar-refractivity contribution is 6.01. The summed E-state index contributed by atoms with van der Waals surface area (Å²) in [7, 11) is 0. The number of hydrogen-bond acceptors (Lipinski definition) is 6. The molecule has 3 aromatic rings. The average Bonchev–Trinajstić information content (AvgIpc) is 2.74. The largest absolute Gasteiger partial charge is 0.507 e. The number of rotatable bonds is 5. The van der Waals surface area contributed by atoms with E-state index >= 15 is 0 Å². The number of benzene rings is 2. The van der Waals surface area contributed by atoms with E-state index in [4.69, 9.17) is 11.5 Å². The van der Waals surface area contributed by atoms with Crippen LogP contribution in [0.4, 0.5) is 5.82 Å². The lowest BCUT2D eigenvalue weighted by Gasteiger charge is -2.32. The van der Waals surface area contributed by atoms with Crippen LogP contribution in [-0.4, -0.2) is 57.0 Å². The van der Waals surface area contributed by atoms with E-state index in [1.165, 1.54) is 6.07 Å². The minimum Gasteiger partial charge on any atom is -0.507 e. The molecule has 152 valence electrons. The van der Waals surface area contributed by atoms with Crippen LogP contribution in [0.5, 0.6) is 5.75 Å². The minimum atomic E-state index is -0.819. The molecule has 7 nitrogen and oxygen atoms in total. The number of nitrogens with zero attached hydrogens (tertiary/aromatic N) is 3. The zero-order chi connectivity index (χ0) is 21.1. The second-order valence-electron chi connectivity index (χ2n) is 7.43. The van der Waals surface area contributed by atoms with E-state index in [1.54, 1.807) is 12.1 Å². The average molecular weight is 402 g/mol. The molecule has 0 radical (unpaired) electrons. The van der Waals surface area contributed by atoms with Crippen LogP contribution in [0.2, 0.25) is 0 Å². The third kappa shape index (κ3) is 4.04. The topological polar surface area (TPSA) is 98.6 Å². The van der Waals surface area contributed by atoms with Crippen molar-refractivity contribution in [3.63, 3.8) is 0 Å². The fourth-order valence-electron chi connectivity index (χ4n) is 3.93. The van der Waals surface area contributed by atoms with Crippen molar-refractivity contribution in [3.05, 3.63) is 48.0 Å². The van der Waals surface area contributed by atoms with Crippen LogP contribution in [-0.2, 0) is 4.79 Å². The summed E-state index contributed by atoms with van der Waals surface area (Å²) in [5, 5.41) is 33.5. The highest BCUT2D eigenvalue weighted by Gasteiger charge is 2.23. The number of likely N-dealkylation sites (tertiary alicyclic amines) is 1. The molecule has 0 bridgehead atoms. The Morgan fingerprint density at radius 1 is 1.23 bits per heavy atom. The number of phenolic OH excluding ortho intramolecular Hbond substituents is 1. The second-order valence-corrected chi connectivity index (χ2v) is 7.43. The normalized spacial score (nSPS) is 16.8.